The number of fused-ring (bicyclic) bond motifs is 1. The van der Waals surface area contributed by atoms with Gasteiger partial charge in [0, 0.05) is 15.8 Å². The van der Waals surface area contributed by atoms with Crippen molar-refractivity contribution >= 4 is 43.2 Å². The van der Waals surface area contributed by atoms with Crippen LogP contribution in [0.25, 0.3) is 0 Å². The summed E-state index contributed by atoms with van der Waals surface area (Å²) in [7, 11) is -3.43. The first-order valence-electron chi connectivity index (χ1n) is 8.32. The van der Waals surface area contributed by atoms with Crippen LogP contribution in [0.2, 0.25) is 0 Å². The minimum Gasteiger partial charge on any atom is -0.288 e. The largest absolute Gasteiger partial charge is 0.416 e. The monoisotopic (exact) mass is 474 g/mol. The Morgan fingerprint density at radius 3 is 2.00 bits per heavy atom. The molecular weight excluding hydrogens is 461 g/mol. The molecule has 0 N–H and O–H groups in total. The van der Waals surface area contributed by atoms with Gasteiger partial charge in [0.05, 0.1) is 29.2 Å². The van der Waals surface area contributed by atoms with Crippen LogP contribution in [0.15, 0.2) is 53.0 Å². The second-order valence-electron chi connectivity index (χ2n) is 6.76. The highest BCUT2D eigenvalue weighted by atomic mass is 79.9. The zero-order chi connectivity index (χ0) is 20.3. The van der Waals surface area contributed by atoms with E-state index in [1.54, 1.807) is 24.3 Å². The number of amides is 2. The summed E-state index contributed by atoms with van der Waals surface area (Å²) in [5.41, 5.74) is -0.374. The molecule has 2 amide bonds. The average Bonchev–Trinajstić information content (AvgIpc) is 3.02. The van der Waals surface area contributed by atoms with Crippen LogP contribution in [0, 0.1) is 0 Å². The molecule has 2 saturated heterocycles. The van der Waals surface area contributed by atoms with Gasteiger partial charge >= 0.3 is 12.2 Å². The highest BCUT2D eigenvalue weighted by molar-refractivity contribution is 9.10. The summed E-state index contributed by atoms with van der Waals surface area (Å²) >= 11 is 3.32. The van der Waals surface area contributed by atoms with Gasteiger partial charge in [-0.1, -0.05) is 28.1 Å². The number of carbonyl (C=O) groups excluding carboxylic acids is 1. The number of anilines is 2. The molecule has 4 rings (SSSR count). The minimum atomic E-state index is -4.57. The van der Waals surface area contributed by atoms with Gasteiger partial charge in [-0.05, 0) is 36.4 Å². The van der Waals surface area contributed by atoms with Gasteiger partial charge in [0.25, 0.3) is 0 Å². The van der Waals surface area contributed by atoms with Crippen molar-refractivity contribution in [3.63, 3.8) is 0 Å². The summed E-state index contributed by atoms with van der Waals surface area (Å²) in [6.07, 6.45) is -4.57. The van der Waals surface area contributed by atoms with Crippen molar-refractivity contribution in [2.24, 2.45) is 0 Å². The van der Waals surface area contributed by atoms with Gasteiger partial charge in [0.1, 0.15) is 0 Å². The van der Waals surface area contributed by atoms with Crippen LogP contribution >= 0.6 is 15.9 Å². The minimum absolute atomic E-state index is 0.0319. The Balaban J connectivity index is 1.81. The molecule has 2 aromatic rings. The summed E-state index contributed by atoms with van der Waals surface area (Å²) in [6, 6.07) is 9.25. The third-order valence-electron chi connectivity index (χ3n) is 4.91. The summed E-state index contributed by atoms with van der Waals surface area (Å²) in [6.45, 7) is 0. The highest BCUT2D eigenvalue weighted by Gasteiger charge is 2.54. The van der Waals surface area contributed by atoms with E-state index in [4.69, 9.17) is 0 Å². The molecule has 28 heavy (non-hydrogen) atoms. The first kappa shape index (κ1) is 19.3. The van der Waals surface area contributed by atoms with Crippen molar-refractivity contribution in [2.45, 2.75) is 18.3 Å². The zero-order valence-corrected chi connectivity index (χ0v) is 16.6. The number of alkyl halides is 3. The average molecular weight is 475 g/mol. The van der Waals surface area contributed by atoms with E-state index in [-0.39, 0.29) is 17.2 Å². The fraction of sp³-hybridized carbons (Fsp3) is 0.278. The van der Waals surface area contributed by atoms with Crippen molar-refractivity contribution in [3.8, 4) is 0 Å². The number of carbonyl (C=O) groups is 1. The molecule has 0 bridgehead atoms. The SMILES string of the molecule is O=C1N(c2cccc(Br)c2)[C@@H]2CS(=O)(=O)C[C@H]2N1c1cccc(C(F)(F)F)c1. The van der Waals surface area contributed by atoms with E-state index in [2.05, 4.69) is 15.9 Å². The van der Waals surface area contributed by atoms with E-state index in [0.29, 0.717) is 10.2 Å². The first-order chi connectivity index (χ1) is 13.1. The molecule has 2 atom stereocenters. The third-order valence-corrected chi connectivity index (χ3v) is 7.10. The van der Waals surface area contributed by atoms with Crippen LogP contribution in [0.4, 0.5) is 29.3 Å². The number of nitrogens with zero attached hydrogens (tertiary/aromatic N) is 2. The molecule has 5 nitrogen and oxygen atoms in total. The topological polar surface area (TPSA) is 57.7 Å². The van der Waals surface area contributed by atoms with Crippen molar-refractivity contribution in [1.29, 1.82) is 0 Å². The van der Waals surface area contributed by atoms with E-state index in [9.17, 15) is 26.4 Å². The number of urea groups is 1. The molecule has 0 saturated carbocycles. The summed E-state index contributed by atoms with van der Waals surface area (Å²) in [4.78, 5) is 15.7. The van der Waals surface area contributed by atoms with Crippen molar-refractivity contribution in [2.75, 3.05) is 21.3 Å². The fourth-order valence-electron chi connectivity index (χ4n) is 3.77. The lowest BCUT2D eigenvalue weighted by Gasteiger charge is -2.23. The molecule has 2 aromatic carbocycles. The van der Waals surface area contributed by atoms with Crippen molar-refractivity contribution in [1.82, 2.24) is 0 Å². The van der Waals surface area contributed by atoms with Gasteiger partial charge in [0.2, 0.25) is 0 Å². The fourth-order valence-corrected chi connectivity index (χ4v) is 6.07. The lowest BCUT2D eigenvalue weighted by molar-refractivity contribution is -0.137. The van der Waals surface area contributed by atoms with E-state index in [0.717, 1.165) is 12.1 Å². The second-order valence-corrected chi connectivity index (χ2v) is 9.83. The van der Waals surface area contributed by atoms with E-state index in [1.807, 2.05) is 0 Å². The lowest BCUT2D eigenvalue weighted by atomic mass is 10.1. The summed E-state index contributed by atoms with van der Waals surface area (Å²) in [5, 5.41) is 0. The van der Waals surface area contributed by atoms with Crippen LogP contribution in [0.5, 0.6) is 0 Å². The lowest BCUT2D eigenvalue weighted by Crippen LogP contribution is -2.38. The Hall–Kier alpha value is -2.07. The van der Waals surface area contributed by atoms with Gasteiger partial charge < -0.3 is 0 Å². The molecule has 0 spiro atoms. The molecule has 2 aliphatic rings. The highest BCUT2D eigenvalue weighted by Crippen LogP contribution is 2.40. The maximum Gasteiger partial charge on any atom is 0.416 e. The van der Waals surface area contributed by atoms with Gasteiger partial charge in [-0.2, -0.15) is 13.2 Å². The smallest absolute Gasteiger partial charge is 0.288 e. The Bertz CT molecular complexity index is 1060. The second kappa shape index (κ2) is 6.48. The van der Waals surface area contributed by atoms with Crippen LogP contribution in [-0.4, -0.2) is 38.0 Å². The molecule has 0 unspecified atom stereocenters. The first-order valence-corrected chi connectivity index (χ1v) is 10.9. The Morgan fingerprint density at radius 2 is 1.46 bits per heavy atom. The standard InChI is InChI=1S/C18H14BrF3N2O3S/c19-12-4-2-6-14(8-12)24-16-10-28(26,27)9-15(16)23(17(24)25)13-5-1-3-11(7-13)18(20,21)22/h1-8,15-16H,9-10H2/t15-,16-/m1/s1. The summed E-state index contributed by atoms with van der Waals surface area (Å²) < 4.78 is 64.5. The molecule has 148 valence electrons. The maximum absolute atomic E-state index is 13.2. The number of benzene rings is 2. The normalized spacial score (nSPS) is 23.9. The Labute approximate surface area is 167 Å². The molecule has 2 heterocycles. The van der Waals surface area contributed by atoms with E-state index >= 15 is 0 Å². The van der Waals surface area contributed by atoms with Gasteiger partial charge in [-0.25, -0.2) is 13.2 Å². The molecule has 10 heteroatoms. The number of hydrogen-bond acceptors (Lipinski definition) is 3. The van der Waals surface area contributed by atoms with Crippen LogP contribution in [0.1, 0.15) is 5.56 Å². The maximum atomic E-state index is 13.2. The molecule has 2 aliphatic heterocycles. The molecular formula is C18H14BrF3N2O3S. The van der Waals surface area contributed by atoms with E-state index in [1.165, 1.54) is 21.9 Å². The zero-order valence-electron chi connectivity index (χ0n) is 14.2. The third kappa shape index (κ3) is 3.28. The number of halogens is 4. The molecule has 0 radical (unpaired) electrons. The molecule has 0 aromatic heterocycles. The van der Waals surface area contributed by atoms with Crippen molar-refractivity contribution < 1.29 is 26.4 Å². The predicted molar refractivity (Wildman–Crippen MR) is 102 cm³/mol. The number of sulfone groups is 1. The predicted octanol–water partition coefficient (Wildman–Crippen LogP) is 4.08. The van der Waals surface area contributed by atoms with Gasteiger partial charge in [0.15, 0.2) is 9.84 Å². The van der Waals surface area contributed by atoms with Crippen LogP contribution in [0.3, 0.4) is 0 Å². The quantitative estimate of drug-likeness (QED) is 0.616. The van der Waals surface area contributed by atoms with Crippen LogP contribution < -0.4 is 9.80 Å². The van der Waals surface area contributed by atoms with E-state index < -0.39 is 39.7 Å². The Morgan fingerprint density at radius 1 is 0.929 bits per heavy atom. The summed E-state index contributed by atoms with van der Waals surface area (Å²) in [5.74, 6) is -0.518. The van der Waals surface area contributed by atoms with Gasteiger partial charge in [-0.3, -0.25) is 9.80 Å². The number of rotatable bonds is 2. The van der Waals surface area contributed by atoms with Crippen molar-refractivity contribution in [3.05, 3.63) is 58.6 Å². The molecule has 2 fully saturated rings. The van der Waals surface area contributed by atoms with Gasteiger partial charge in [-0.15, -0.1) is 0 Å². The Kier molecular flexibility index (Phi) is 4.46. The van der Waals surface area contributed by atoms with Crippen LogP contribution in [-0.2, 0) is 16.0 Å². The molecule has 0 aliphatic carbocycles. The number of hydrogen-bond donors (Lipinski definition) is 0.